The first-order chi connectivity index (χ1) is 15.8. The van der Waals surface area contributed by atoms with Crippen LogP contribution in [-0.4, -0.2) is 65.1 Å². The summed E-state index contributed by atoms with van der Waals surface area (Å²) in [7, 11) is -3.58. The van der Waals surface area contributed by atoms with Crippen molar-refractivity contribution in [1.82, 2.24) is 24.5 Å². The Hall–Kier alpha value is -3.48. The molecule has 0 aliphatic carbocycles. The van der Waals surface area contributed by atoms with Crippen LogP contribution >= 0.6 is 0 Å². The molecular weight excluding hydrogens is 451 g/mol. The van der Waals surface area contributed by atoms with Gasteiger partial charge in [-0.1, -0.05) is 12.1 Å². The van der Waals surface area contributed by atoms with E-state index in [1.54, 1.807) is 25.1 Å². The molecule has 0 spiro atoms. The third kappa shape index (κ3) is 5.13. The SMILES string of the molecule is Cc1nnnn1-c1cc(NC(=O)/C=C/c2ccc(S(=O)(=O)N3CCOCC3)cc2)ccc1F. The Bertz CT molecular complexity index is 1280. The molecule has 1 fully saturated rings. The van der Waals surface area contributed by atoms with E-state index in [4.69, 9.17) is 4.74 Å². The van der Waals surface area contributed by atoms with Crippen LogP contribution in [0.15, 0.2) is 53.4 Å². The molecule has 1 aliphatic heterocycles. The molecule has 0 unspecified atom stereocenters. The van der Waals surface area contributed by atoms with E-state index in [9.17, 15) is 17.6 Å². The molecule has 1 aromatic heterocycles. The monoisotopic (exact) mass is 472 g/mol. The number of amides is 1. The number of morpholine rings is 1. The minimum Gasteiger partial charge on any atom is -0.379 e. The lowest BCUT2D eigenvalue weighted by molar-refractivity contribution is -0.111. The maximum atomic E-state index is 14.2. The topological polar surface area (TPSA) is 119 Å². The molecule has 4 rings (SSSR count). The third-order valence-electron chi connectivity index (χ3n) is 4.98. The van der Waals surface area contributed by atoms with Crippen molar-refractivity contribution in [3.05, 3.63) is 65.7 Å². The van der Waals surface area contributed by atoms with Crippen molar-refractivity contribution in [3.8, 4) is 5.69 Å². The van der Waals surface area contributed by atoms with Gasteiger partial charge in [-0.15, -0.1) is 5.10 Å². The van der Waals surface area contributed by atoms with Gasteiger partial charge in [-0.05, 0) is 59.3 Å². The number of benzene rings is 2. The number of nitrogens with one attached hydrogen (secondary N) is 1. The van der Waals surface area contributed by atoms with Crippen LogP contribution in [0, 0.1) is 12.7 Å². The number of nitrogens with zero attached hydrogens (tertiary/aromatic N) is 5. The number of hydrogen-bond acceptors (Lipinski definition) is 7. The van der Waals surface area contributed by atoms with Crippen LogP contribution in [0.4, 0.5) is 10.1 Å². The molecule has 33 heavy (non-hydrogen) atoms. The van der Waals surface area contributed by atoms with Crippen LogP contribution < -0.4 is 5.32 Å². The quantitative estimate of drug-likeness (QED) is 0.543. The van der Waals surface area contributed by atoms with Crippen molar-refractivity contribution >= 4 is 27.7 Å². The fourth-order valence-electron chi connectivity index (χ4n) is 3.25. The molecule has 0 radical (unpaired) electrons. The Morgan fingerprint density at radius 3 is 2.55 bits per heavy atom. The fourth-order valence-corrected chi connectivity index (χ4v) is 4.66. The second-order valence-electron chi connectivity index (χ2n) is 7.21. The molecule has 0 atom stereocenters. The van der Waals surface area contributed by atoms with Gasteiger partial charge in [0.25, 0.3) is 0 Å². The van der Waals surface area contributed by atoms with Crippen LogP contribution in [0.1, 0.15) is 11.4 Å². The smallest absolute Gasteiger partial charge is 0.248 e. The summed E-state index contributed by atoms with van der Waals surface area (Å²) in [5.74, 6) is -0.576. The van der Waals surface area contributed by atoms with Crippen LogP contribution in [0.2, 0.25) is 0 Å². The number of carbonyl (C=O) groups is 1. The van der Waals surface area contributed by atoms with Crippen LogP contribution in [0.25, 0.3) is 11.8 Å². The van der Waals surface area contributed by atoms with Crippen LogP contribution in [-0.2, 0) is 19.6 Å². The molecule has 0 saturated carbocycles. The van der Waals surface area contributed by atoms with Crippen molar-refractivity contribution in [1.29, 1.82) is 0 Å². The Morgan fingerprint density at radius 2 is 1.88 bits per heavy atom. The summed E-state index contributed by atoms with van der Waals surface area (Å²) in [6.45, 7) is 3.02. The standard InChI is InChI=1S/C21H21FN6O4S/c1-15-24-25-26-28(15)20-14-17(5-8-19(20)22)23-21(29)9-4-16-2-6-18(7-3-16)33(30,31)27-10-12-32-13-11-27/h2-9,14H,10-13H2,1H3,(H,23,29)/b9-4+. The normalized spacial score (nSPS) is 15.1. The summed E-state index contributed by atoms with van der Waals surface area (Å²) in [4.78, 5) is 12.5. The molecule has 172 valence electrons. The van der Waals surface area contributed by atoms with Gasteiger partial charge in [0.05, 0.1) is 18.1 Å². The maximum absolute atomic E-state index is 14.2. The van der Waals surface area contributed by atoms with E-state index in [2.05, 4.69) is 20.8 Å². The molecule has 10 nitrogen and oxygen atoms in total. The number of sulfonamides is 1. The number of halogens is 1. The minimum absolute atomic E-state index is 0.108. The van der Waals surface area contributed by atoms with Crippen molar-refractivity contribution in [2.24, 2.45) is 0 Å². The van der Waals surface area contributed by atoms with Gasteiger partial charge in [-0.3, -0.25) is 4.79 Å². The Morgan fingerprint density at radius 1 is 1.15 bits per heavy atom. The number of ether oxygens (including phenoxy) is 1. The van der Waals surface area contributed by atoms with Gasteiger partial charge in [0.1, 0.15) is 11.5 Å². The van der Waals surface area contributed by atoms with Crippen molar-refractivity contribution in [2.45, 2.75) is 11.8 Å². The van der Waals surface area contributed by atoms with Crippen molar-refractivity contribution < 1.29 is 22.3 Å². The van der Waals surface area contributed by atoms with Crippen LogP contribution in [0.3, 0.4) is 0 Å². The largest absolute Gasteiger partial charge is 0.379 e. The molecule has 1 amide bonds. The Kier molecular flexibility index (Phi) is 6.58. The fraction of sp³-hybridized carbons (Fsp3) is 0.238. The van der Waals surface area contributed by atoms with Gasteiger partial charge < -0.3 is 10.1 Å². The van der Waals surface area contributed by atoms with E-state index in [0.717, 1.165) is 0 Å². The minimum atomic E-state index is -3.58. The second kappa shape index (κ2) is 9.57. The summed E-state index contributed by atoms with van der Waals surface area (Å²) < 4.78 is 47.3. The van der Waals surface area contributed by atoms with E-state index in [-0.39, 0.29) is 10.6 Å². The van der Waals surface area contributed by atoms with Gasteiger partial charge in [0.15, 0.2) is 5.82 Å². The van der Waals surface area contributed by atoms with Gasteiger partial charge in [-0.25, -0.2) is 12.8 Å². The zero-order chi connectivity index (χ0) is 23.4. The number of rotatable bonds is 6. The number of carbonyl (C=O) groups excluding carboxylic acids is 1. The highest BCUT2D eigenvalue weighted by atomic mass is 32.2. The summed E-state index contributed by atoms with van der Waals surface area (Å²) in [6.07, 6.45) is 2.85. The van der Waals surface area contributed by atoms with Crippen LogP contribution in [0.5, 0.6) is 0 Å². The summed E-state index contributed by atoms with van der Waals surface area (Å²) in [5.41, 5.74) is 1.12. The second-order valence-corrected chi connectivity index (χ2v) is 9.15. The van der Waals surface area contributed by atoms with Gasteiger partial charge in [-0.2, -0.15) is 8.99 Å². The summed E-state index contributed by atoms with van der Waals surface area (Å²) in [6, 6.07) is 10.3. The number of aryl methyl sites for hydroxylation is 1. The van der Waals surface area contributed by atoms with Gasteiger partial charge in [0, 0.05) is 24.9 Å². The Labute approximate surface area is 189 Å². The van der Waals surface area contributed by atoms with E-state index in [1.807, 2.05) is 0 Å². The van der Waals surface area contributed by atoms with Crippen molar-refractivity contribution in [3.63, 3.8) is 0 Å². The zero-order valence-corrected chi connectivity index (χ0v) is 18.5. The molecular formula is C21H21FN6O4S. The Balaban J connectivity index is 1.42. The highest BCUT2D eigenvalue weighted by Gasteiger charge is 2.25. The summed E-state index contributed by atoms with van der Waals surface area (Å²) >= 11 is 0. The molecule has 1 saturated heterocycles. The molecule has 1 aliphatic rings. The van der Waals surface area contributed by atoms with E-state index in [1.165, 1.54) is 45.4 Å². The summed E-state index contributed by atoms with van der Waals surface area (Å²) in [5, 5.41) is 13.6. The van der Waals surface area contributed by atoms with E-state index < -0.39 is 21.7 Å². The number of aromatic nitrogens is 4. The van der Waals surface area contributed by atoms with Crippen molar-refractivity contribution in [2.75, 3.05) is 31.6 Å². The first-order valence-corrected chi connectivity index (χ1v) is 11.5. The number of tetrazole rings is 1. The zero-order valence-electron chi connectivity index (χ0n) is 17.7. The number of hydrogen-bond donors (Lipinski definition) is 1. The molecule has 3 aromatic rings. The highest BCUT2D eigenvalue weighted by Crippen LogP contribution is 2.20. The number of anilines is 1. The molecule has 2 heterocycles. The first kappa shape index (κ1) is 22.7. The lowest BCUT2D eigenvalue weighted by Gasteiger charge is -2.26. The maximum Gasteiger partial charge on any atom is 0.248 e. The predicted molar refractivity (Wildman–Crippen MR) is 118 cm³/mol. The third-order valence-corrected chi connectivity index (χ3v) is 6.90. The molecule has 1 N–H and O–H groups in total. The lowest BCUT2D eigenvalue weighted by atomic mass is 10.2. The predicted octanol–water partition coefficient (Wildman–Crippen LogP) is 1.78. The van der Waals surface area contributed by atoms with Gasteiger partial charge >= 0.3 is 0 Å². The average molecular weight is 473 g/mol. The first-order valence-electron chi connectivity index (χ1n) is 10.1. The molecule has 12 heteroatoms. The highest BCUT2D eigenvalue weighted by molar-refractivity contribution is 7.89. The van der Waals surface area contributed by atoms with E-state index in [0.29, 0.717) is 43.4 Å². The molecule has 2 aromatic carbocycles. The molecule has 0 bridgehead atoms. The van der Waals surface area contributed by atoms with Gasteiger partial charge in [0.2, 0.25) is 15.9 Å². The van der Waals surface area contributed by atoms with E-state index >= 15 is 0 Å². The average Bonchev–Trinajstić information content (AvgIpc) is 3.25. The lowest BCUT2D eigenvalue weighted by Crippen LogP contribution is -2.40.